The highest BCUT2D eigenvalue weighted by Crippen LogP contribution is 2.22. The maximum absolute atomic E-state index is 11.2. The third kappa shape index (κ3) is 2.34. The van der Waals surface area contributed by atoms with Gasteiger partial charge in [0.25, 0.3) is 0 Å². The van der Waals surface area contributed by atoms with E-state index >= 15 is 0 Å². The number of hydrogen-bond donors (Lipinski definition) is 1. The van der Waals surface area contributed by atoms with Crippen LogP contribution in [-0.2, 0) is 11.2 Å². The highest BCUT2D eigenvalue weighted by molar-refractivity contribution is 5.80. The van der Waals surface area contributed by atoms with Crippen molar-refractivity contribution < 1.29 is 4.79 Å². The van der Waals surface area contributed by atoms with Crippen molar-refractivity contribution in [3.63, 3.8) is 0 Å². The van der Waals surface area contributed by atoms with E-state index in [1.165, 1.54) is 11.1 Å². The lowest BCUT2D eigenvalue weighted by Crippen LogP contribution is -2.33. The fourth-order valence-electron chi connectivity index (χ4n) is 1.37. The van der Waals surface area contributed by atoms with Crippen molar-refractivity contribution in [2.24, 2.45) is 11.1 Å². The first-order valence-corrected chi connectivity index (χ1v) is 4.78. The number of aryl methyl sites for hydroxylation is 1. The molecule has 0 atom stereocenters. The second-order valence-corrected chi connectivity index (χ2v) is 4.35. The number of carbonyl (C=O) groups is 1. The van der Waals surface area contributed by atoms with E-state index in [-0.39, 0.29) is 5.91 Å². The number of nitrogens with two attached hydrogens (primary N) is 1. The van der Waals surface area contributed by atoms with Crippen LogP contribution >= 0.6 is 0 Å². The van der Waals surface area contributed by atoms with Gasteiger partial charge in [0, 0.05) is 5.41 Å². The molecule has 0 spiro atoms. The Bertz CT molecular complexity index is 342. The molecule has 2 heteroatoms. The van der Waals surface area contributed by atoms with E-state index in [0.29, 0.717) is 6.42 Å². The van der Waals surface area contributed by atoms with Crippen LogP contribution in [0.1, 0.15) is 25.0 Å². The molecule has 0 heterocycles. The van der Waals surface area contributed by atoms with Crippen LogP contribution in [0.4, 0.5) is 0 Å². The first kappa shape index (κ1) is 10.8. The molecule has 0 saturated heterocycles. The number of rotatable bonds is 3. The zero-order valence-corrected chi connectivity index (χ0v) is 9.00. The van der Waals surface area contributed by atoms with Crippen LogP contribution in [0, 0.1) is 12.3 Å². The van der Waals surface area contributed by atoms with Crippen LogP contribution in [0.25, 0.3) is 0 Å². The summed E-state index contributed by atoms with van der Waals surface area (Å²) in [5.41, 5.74) is 7.26. The second kappa shape index (κ2) is 3.82. The Hall–Kier alpha value is -1.31. The van der Waals surface area contributed by atoms with Gasteiger partial charge in [-0.3, -0.25) is 4.79 Å². The van der Waals surface area contributed by atoms with E-state index < -0.39 is 5.41 Å². The summed E-state index contributed by atoms with van der Waals surface area (Å²) in [5.74, 6) is -0.249. The van der Waals surface area contributed by atoms with Crippen molar-refractivity contribution >= 4 is 5.91 Å². The van der Waals surface area contributed by atoms with E-state index in [1.54, 1.807) is 0 Å². The normalized spacial score (nSPS) is 11.4. The largest absolute Gasteiger partial charge is 0.369 e. The fourth-order valence-corrected chi connectivity index (χ4v) is 1.37. The Balaban J connectivity index is 2.89. The first-order chi connectivity index (χ1) is 6.43. The van der Waals surface area contributed by atoms with Gasteiger partial charge >= 0.3 is 0 Å². The lowest BCUT2D eigenvalue weighted by Gasteiger charge is -2.21. The van der Waals surface area contributed by atoms with Crippen molar-refractivity contribution in [3.8, 4) is 0 Å². The summed E-state index contributed by atoms with van der Waals surface area (Å²) < 4.78 is 0. The van der Waals surface area contributed by atoms with E-state index in [0.717, 1.165) is 0 Å². The lowest BCUT2D eigenvalue weighted by molar-refractivity contribution is -0.125. The van der Waals surface area contributed by atoms with Crippen LogP contribution in [0.15, 0.2) is 24.3 Å². The highest BCUT2D eigenvalue weighted by atomic mass is 16.1. The molecule has 0 aliphatic rings. The van der Waals surface area contributed by atoms with Gasteiger partial charge in [-0.05, 0) is 24.5 Å². The van der Waals surface area contributed by atoms with Gasteiger partial charge in [0.05, 0.1) is 0 Å². The standard InChI is InChI=1S/C12H17NO/c1-9-6-4-5-7-10(9)8-12(2,3)11(13)14/h4-7H,8H2,1-3H3,(H2,13,14). The number of carbonyl (C=O) groups excluding carboxylic acids is 1. The lowest BCUT2D eigenvalue weighted by atomic mass is 9.84. The van der Waals surface area contributed by atoms with Crippen LogP contribution in [-0.4, -0.2) is 5.91 Å². The molecular formula is C12H17NO. The third-order valence-corrected chi connectivity index (χ3v) is 2.56. The van der Waals surface area contributed by atoms with E-state index in [1.807, 2.05) is 45.0 Å². The Morgan fingerprint density at radius 3 is 2.43 bits per heavy atom. The molecule has 1 rings (SSSR count). The third-order valence-electron chi connectivity index (χ3n) is 2.56. The molecule has 0 bridgehead atoms. The molecule has 76 valence electrons. The van der Waals surface area contributed by atoms with Gasteiger partial charge < -0.3 is 5.73 Å². The van der Waals surface area contributed by atoms with Crippen molar-refractivity contribution in [1.29, 1.82) is 0 Å². The Labute approximate surface area is 85.1 Å². The molecule has 1 aromatic rings. The minimum atomic E-state index is -0.466. The Morgan fingerprint density at radius 2 is 1.93 bits per heavy atom. The molecule has 1 amide bonds. The van der Waals surface area contributed by atoms with Crippen molar-refractivity contribution in [2.75, 3.05) is 0 Å². The zero-order chi connectivity index (χ0) is 10.8. The summed E-state index contributed by atoms with van der Waals surface area (Å²) in [6.45, 7) is 5.80. The van der Waals surface area contributed by atoms with Gasteiger partial charge in [0.1, 0.15) is 0 Å². The van der Waals surface area contributed by atoms with E-state index in [2.05, 4.69) is 0 Å². The number of amides is 1. The van der Waals surface area contributed by atoms with Crippen LogP contribution in [0.2, 0.25) is 0 Å². The predicted octanol–water partition coefficient (Wildman–Crippen LogP) is 2.05. The maximum atomic E-state index is 11.2. The molecule has 0 fully saturated rings. The van der Waals surface area contributed by atoms with E-state index in [4.69, 9.17) is 5.73 Å². The first-order valence-electron chi connectivity index (χ1n) is 4.78. The maximum Gasteiger partial charge on any atom is 0.223 e. The minimum absolute atomic E-state index is 0.249. The topological polar surface area (TPSA) is 43.1 Å². The molecular weight excluding hydrogens is 174 g/mol. The average molecular weight is 191 g/mol. The Morgan fingerprint density at radius 1 is 1.36 bits per heavy atom. The summed E-state index contributed by atoms with van der Waals surface area (Å²) in [6.07, 6.45) is 0.703. The molecule has 0 aliphatic carbocycles. The van der Waals surface area contributed by atoms with Crippen molar-refractivity contribution in [3.05, 3.63) is 35.4 Å². The van der Waals surface area contributed by atoms with Crippen LogP contribution < -0.4 is 5.73 Å². The number of primary amides is 1. The van der Waals surface area contributed by atoms with Gasteiger partial charge in [-0.15, -0.1) is 0 Å². The second-order valence-electron chi connectivity index (χ2n) is 4.35. The van der Waals surface area contributed by atoms with Crippen LogP contribution in [0.3, 0.4) is 0 Å². The predicted molar refractivity (Wildman–Crippen MR) is 57.9 cm³/mol. The minimum Gasteiger partial charge on any atom is -0.369 e. The van der Waals surface area contributed by atoms with Gasteiger partial charge in [0.15, 0.2) is 0 Å². The van der Waals surface area contributed by atoms with Crippen molar-refractivity contribution in [1.82, 2.24) is 0 Å². The molecule has 2 N–H and O–H groups in total. The molecule has 0 radical (unpaired) electrons. The molecule has 0 unspecified atom stereocenters. The molecule has 0 aromatic heterocycles. The highest BCUT2D eigenvalue weighted by Gasteiger charge is 2.25. The summed E-state index contributed by atoms with van der Waals surface area (Å²) in [7, 11) is 0. The molecule has 0 aliphatic heterocycles. The number of benzene rings is 1. The van der Waals surface area contributed by atoms with E-state index in [9.17, 15) is 4.79 Å². The summed E-state index contributed by atoms with van der Waals surface area (Å²) >= 11 is 0. The SMILES string of the molecule is Cc1ccccc1CC(C)(C)C(N)=O. The molecule has 0 saturated carbocycles. The number of hydrogen-bond acceptors (Lipinski definition) is 1. The smallest absolute Gasteiger partial charge is 0.223 e. The molecule has 1 aromatic carbocycles. The zero-order valence-electron chi connectivity index (χ0n) is 9.00. The van der Waals surface area contributed by atoms with Crippen LogP contribution in [0.5, 0.6) is 0 Å². The summed E-state index contributed by atoms with van der Waals surface area (Å²) in [5, 5.41) is 0. The quantitative estimate of drug-likeness (QED) is 0.780. The van der Waals surface area contributed by atoms with Gasteiger partial charge in [0.2, 0.25) is 5.91 Å². The van der Waals surface area contributed by atoms with Crippen molar-refractivity contribution in [2.45, 2.75) is 27.2 Å². The molecule has 2 nitrogen and oxygen atoms in total. The summed E-state index contributed by atoms with van der Waals surface area (Å²) in [6, 6.07) is 8.07. The van der Waals surface area contributed by atoms with Gasteiger partial charge in [-0.1, -0.05) is 38.1 Å². The van der Waals surface area contributed by atoms with Gasteiger partial charge in [-0.2, -0.15) is 0 Å². The average Bonchev–Trinajstić information content (AvgIpc) is 2.08. The summed E-state index contributed by atoms with van der Waals surface area (Å²) in [4.78, 5) is 11.2. The fraction of sp³-hybridized carbons (Fsp3) is 0.417. The van der Waals surface area contributed by atoms with Gasteiger partial charge in [-0.25, -0.2) is 0 Å². The monoisotopic (exact) mass is 191 g/mol. The molecule has 14 heavy (non-hydrogen) atoms. The Kier molecular flexibility index (Phi) is 2.94.